The number of amides is 2. The molecule has 0 spiro atoms. The minimum absolute atomic E-state index is 0.0126. The van der Waals surface area contributed by atoms with Gasteiger partial charge in [0, 0.05) is 58.3 Å². The van der Waals surface area contributed by atoms with E-state index in [-0.39, 0.29) is 18.4 Å². The van der Waals surface area contributed by atoms with Crippen LogP contribution in [-0.2, 0) is 9.59 Å². The monoisotopic (exact) mass is 413 g/mol. The molecule has 0 radical (unpaired) electrons. The Morgan fingerprint density at radius 2 is 2.10 bits per heavy atom. The highest BCUT2D eigenvalue weighted by Gasteiger charge is 2.32. The molecular formula is C23H35N5O2. The van der Waals surface area contributed by atoms with Crippen molar-refractivity contribution in [1.82, 2.24) is 15.1 Å². The zero-order valence-corrected chi connectivity index (χ0v) is 18.6. The SMILES string of the molecule is CCCCNC(=NCC(=O)N(C)C)N1CC(CCN2CCCC2=O)c2ccccc21. The van der Waals surface area contributed by atoms with Crippen LogP contribution in [0, 0.1) is 0 Å². The quantitative estimate of drug-likeness (QED) is 0.404. The summed E-state index contributed by atoms with van der Waals surface area (Å²) in [6, 6.07) is 8.43. The van der Waals surface area contributed by atoms with Crippen molar-refractivity contribution in [2.45, 2.75) is 44.9 Å². The first-order chi connectivity index (χ1) is 14.5. The van der Waals surface area contributed by atoms with Crippen LogP contribution in [0.15, 0.2) is 29.3 Å². The van der Waals surface area contributed by atoms with Crippen LogP contribution >= 0.6 is 0 Å². The third-order valence-corrected chi connectivity index (χ3v) is 5.92. The fourth-order valence-corrected chi connectivity index (χ4v) is 4.09. The van der Waals surface area contributed by atoms with E-state index in [4.69, 9.17) is 0 Å². The summed E-state index contributed by atoms with van der Waals surface area (Å²) in [7, 11) is 3.51. The predicted octanol–water partition coefficient (Wildman–Crippen LogP) is 2.44. The lowest BCUT2D eigenvalue weighted by molar-refractivity contribution is -0.128. The molecule has 1 N–H and O–H groups in total. The van der Waals surface area contributed by atoms with E-state index >= 15 is 0 Å². The lowest BCUT2D eigenvalue weighted by atomic mass is 9.98. The largest absolute Gasteiger partial charge is 0.356 e. The van der Waals surface area contributed by atoms with E-state index in [0.717, 1.165) is 63.5 Å². The summed E-state index contributed by atoms with van der Waals surface area (Å²) in [4.78, 5) is 34.6. The molecule has 1 aromatic carbocycles. The number of likely N-dealkylation sites (tertiary alicyclic amines) is 1. The van der Waals surface area contributed by atoms with Gasteiger partial charge < -0.3 is 20.0 Å². The van der Waals surface area contributed by atoms with Crippen LogP contribution < -0.4 is 10.2 Å². The summed E-state index contributed by atoms with van der Waals surface area (Å²) in [5.74, 6) is 1.38. The van der Waals surface area contributed by atoms with Crippen LogP contribution in [0.3, 0.4) is 0 Å². The molecule has 2 aliphatic rings. The number of anilines is 1. The van der Waals surface area contributed by atoms with Crippen molar-refractivity contribution in [2.75, 3.05) is 51.7 Å². The van der Waals surface area contributed by atoms with Crippen molar-refractivity contribution in [2.24, 2.45) is 4.99 Å². The molecule has 7 nitrogen and oxygen atoms in total. The number of hydrogen-bond acceptors (Lipinski definition) is 3. The number of benzene rings is 1. The molecule has 164 valence electrons. The minimum atomic E-state index is -0.0126. The molecule has 1 atom stereocenters. The summed E-state index contributed by atoms with van der Waals surface area (Å²) in [6.45, 7) is 5.63. The molecule has 2 heterocycles. The zero-order chi connectivity index (χ0) is 21.5. The Morgan fingerprint density at radius 1 is 1.30 bits per heavy atom. The number of likely N-dealkylation sites (N-methyl/N-ethyl adjacent to an activating group) is 1. The molecule has 0 aromatic heterocycles. The van der Waals surface area contributed by atoms with Gasteiger partial charge in [0.2, 0.25) is 11.8 Å². The number of guanidine groups is 1. The first kappa shape index (κ1) is 22.1. The van der Waals surface area contributed by atoms with E-state index in [2.05, 4.69) is 40.3 Å². The molecular weight excluding hydrogens is 378 g/mol. The lowest BCUT2D eigenvalue weighted by Crippen LogP contribution is -2.42. The smallest absolute Gasteiger partial charge is 0.243 e. The van der Waals surface area contributed by atoms with Gasteiger partial charge in [0.1, 0.15) is 6.54 Å². The molecule has 2 aliphatic heterocycles. The van der Waals surface area contributed by atoms with Crippen molar-refractivity contribution in [3.05, 3.63) is 29.8 Å². The summed E-state index contributed by atoms with van der Waals surface area (Å²) >= 11 is 0. The maximum atomic E-state index is 12.1. The van der Waals surface area contributed by atoms with E-state index in [1.54, 1.807) is 19.0 Å². The van der Waals surface area contributed by atoms with Crippen LogP contribution in [0.4, 0.5) is 5.69 Å². The lowest BCUT2D eigenvalue weighted by Gasteiger charge is -2.24. The van der Waals surface area contributed by atoms with Gasteiger partial charge in [0.05, 0.1) is 0 Å². The van der Waals surface area contributed by atoms with E-state index in [9.17, 15) is 9.59 Å². The summed E-state index contributed by atoms with van der Waals surface area (Å²) in [6.07, 6.45) is 4.75. The Morgan fingerprint density at radius 3 is 2.80 bits per heavy atom. The topological polar surface area (TPSA) is 68.2 Å². The van der Waals surface area contributed by atoms with Gasteiger partial charge in [-0.05, 0) is 30.9 Å². The Hall–Kier alpha value is -2.57. The minimum Gasteiger partial charge on any atom is -0.356 e. The highest BCUT2D eigenvalue weighted by molar-refractivity contribution is 5.99. The molecule has 0 saturated carbocycles. The number of carbonyl (C=O) groups excluding carboxylic acids is 2. The number of aliphatic imine (C=N–C) groups is 1. The number of unbranched alkanes of at least 4 members (excludes halogenated alkanes) is 1. The second-order valence-electron chi connectivity index (χ2n) is 8.35. The van der Waals surface area contributed by atoms with Gasteiger partial charge in [-0.1, -0.05) is 31.5 Å². The summed E-state index contributed by atoms with van der Waals surface area (Å²) in [5, 5.41) is 3.46. The molecule has 0 bridgehead atoms. The Kier molecular flexibility index (Phi) is 7.71. The Bertz CT molecular complexity index is 777. The molecule has 1 aromatic rings. The predicted molar refractivity (Wildman–Crippen MR) is 121 cm³/mol. The van der Waals surface area contributed by atoms with Crippen molar-refractivity contribution in [3.63, 3.8) is 0 Å². The third kappa shape index (κ3) is 5.32. The second-order valence-corrected chi connectivity index (χ2v) is 8.35. The first-order valence-corrected chi connectivity index (χ1v) is 11.1. The number of carbonyl (C=O) groups is 2. The normalized spacial score (nSPS) is 18.7. The maximum absolute atomic E-state index is 12.1. The number of nitrogens with one attached hydrogen (secondary N) is 1. The van der Waals surface area contributed by atoms with Crippen molar-refractivity contribution in [1.29, 1.82) is 0 Å². The van der Waals surface area contributed by atoms with Crippen LogP contribution in [-0.4, -0.2) is 74.4 Å². The Labute approximate surface area is 180 Å². The van der Waals surface area contributed by atoms with Crippen molar-refractivity contribution < 1.29 is 9.59 Å². The molecule has 2 amide bonds. The summed E-state index contributed by atoms with van der Waals surface area (Å²) < 4.78 is 0. The van der Waals surface area contributed by atoms with Gasteiger partial charge in [-0.2, -0.15) is 0 Å². The number of para-hydroxylation sites is 1. The van der Waals surface area contributed by atoms with Gasteiger partial charge in [-0.25, -0.2) is 4.99 Å². The second kappa shape index (κ2) is 10.5. The van der Waals surface area contributed by atoms with Crippen LogP contribution in [0.2, 0.25) is 0 Å². The van der Waals surface area contributed by atoms with Gasteiger partial charge in [0.15, 0.2) is 5.96 Å². The van der Waals surface area contributed by atoms with E-state index in [0.29, 0.717) is 12.3 Å². The average Bonchev–Trinajstić information content (AvgIpc) is 3.32. The number of hydrogen-bond donors (Lipinski definition) is 1. The maximum Gasteiger partial charge on any atom is 0.243 e. The van der Waals surface area contributed by atoms with Crippen LogP contribution in [0.1, 0.15) is 50.5 Å². The van der Waals surface area contributed by atoms with E-state index < -0.39 is 0 Å². The fourth-order valence-electron chi connectivity index (χ4n) is 4.09. The molecule has 30 heavy (non-hydrogen) atoms. The van der Waals surface area contributed by atoms with Crippen LogP contribution in [0.25, 0.3) is 0 Å². The van der Waals surface area contributed by atoms with Gasteiger partial charge in [0.25, 0.3) is 0 Å². The average molecular weight is 414 g/mol. The van der Waals surface area contributed by atoms with Crippen LogP contribution in [0.5, 0.6) is 0 Å². The molecule has 0 aliphatic carbocycles. The van der Waals surface area contributed by atoms with Crippen molar-refractivity contribution in [3.8, 4) is 0 Å². The molecule has 1 fully saturated rings. The number of fused-ring (bicyclic) bond motifs is 1. The highest BCUT2D eigenvalue weighted by Crippen LogP contribution is 2.38. The van der Waals surface area contributed by atoms with E-state index in [1.165, 1.54) is 5.56 Å². The van der Waals surface area contributed by atoms with E-state index in [1.807, 2.05) is 11.0 Å². The standard InChI is InChI=1S/C23H35N5O2/c1-4-5-13-24-23(25-16-22(30)26(2)3)28-17-18(19-9-6-7-10-20(19)28)12-15-27-14-8-11-21(27)29/h6-7,9-10,18H,4-5,8,11-17H2,1-3H3,(H,24,25). The third-order valence-electron chi connectivity index (χ3n) is 5.92. The molecule has 1 unspecified atom stereocenters. The highest BCUT2D eigenvalue weighted by atomic mass is 16.2. The van der Waals surface area contributed by atoms with Gasteiger partial charge in [-0.15, -0.1) is 0 Å². The zero-order valence-electron chi connectivity index (χ0n) is 18.6. The number of rotatable bonds is 8. The summed E-state index contributed by atoms with van der Waals surface area (Å²) in [5.41, 5.74) is 2.45. The molecule has 7 heteroatoms. The van der Waals surface area contributed by atoms with Gasteiger partial charge >= 0.3 is 0 Å². The first-order valence-electron chi connectivity index (χ1n) is 11.1. The van der Waals surface area contributed by atoms with Gasteiger partial charge in [-0.3, -0.25) is 9.59 Å². The Balaban J connectivity index is 1.76. The fraction of sp³-hybridized carbons (Fsp3) is 0.609. The molecule has 3 rings (SSSR count). The molecule has 1 saturated heterocycles. The number of nitrogens with zero attached hydrogens (tertiary/aromatic N) is 4. The van der Waals surface area contributed by atoms with Crippen molar-refractivity contribution >= 4 is 23.5 Å².